The van der Waals surface area contributed by atoms with Gasteiger partial charge >= 0.3 is 0 Å². The predicted molar refractivity (Wildman–Crippen MR) is 79.8 cm³/mol. The fraction of sp³-hybridized carbons (Fsp3) is 0.357. The molecule has 0 spiro atoms. The minimum absolute atomic E-state index is 0.331. The molecule has 0 saturated carbocycles. The maximum Gasteiger partial charge on any atom is 0.221 e. The van der Waals surface area contributed by atoms with Gasteiger partial charge in [0.2, 0.25) is 5.95 Å². The maximum atomic E-state index is 5.68. The molecule has 0 aliphatic carbocycles. The normalized spacial score (nSPS) is 15.4. The average molecular weight is 270 g/mol. The first-order chi connectivity index (χ1) is 9.74. The summed E-state index contributed by atoms with van der Waals surface area (Å²) in [6.45, 7) is 5.70. The van der Waals surface area contributed by atoms with Crippen LogP contribution in [0.2, 0.25) is 0 Å². The summed E-state index contributed by atoms with van der Waals surface area (Å²) in [5, 5.41) is 0. The van der Waals surface area contributed by atoms with Crippen molar-refractivity contribution in [1.29, 1.82) is 0 Å². The predicted octanol–water partition coefficient (Wildman–Crippen LogP) is 1.09. The van der Waals surface area contributed by atoms with Crippen LogP contribution < -0.4 is 15.5 Å². The third kappa shape index (κ3) is 2.49. The Balaban J connectivity index is 1.71. The maximum absolute atomic E-state index is 5.68. The minimum atomic E-state index is 0.331. The van der Waals surface area contributed by atoms with E-state index in [-0.39, 0.29) is 0 Å². The molecule has 104 valence electrons. The Morgan fingerprint density at radius 3 is 2.50 bits per heavy atom. The van der Waals surface area contributed by atoms with Crippen molar-refractivity contribution in [3.63, 3.8) is 0 Å². The van der Waals surface area contributed by atoms with E-state index in [1.807, 2.05) is 31.3 Å². The summed E-state index contributed by atoms with van der Waals surface area (Å²) in [5.41, 5.74) is 6.74. The zero-order chi connectivity index (χ0) is 13.9. The molecule has 1 fully saturated rings. The van der Waals surface area contributed by atoms with E-state index >= 15 is 0 Å². The van der Waals surface area contributed by atoms with Gasteiger partial charge in [-0.1, -0.05) is 6.07 Å². The van der Waals surface area contributed by atoms with E-state index in [0.717, 1.165) is 43.4 Å². The number of nitrogens with two attached hydrogens (primary N) is 1. The quantitative estimate of drug-likeness (QED) is 0.880. The summed E-state index contributed by atoms with van der Waals surface area (Å²) in [4.78, 5) is 17.3. The van der Waals surface area contributed by atoms with Crippen LogP contribution in [0.5, 0.6) is 0 Å². The van der Waals surface area contributed by atoms with E-state index in [1.54, 1.807) is 6.20 Å². The van der Waals surface area contributed by atoms with Crippen molar-refractivity contribution in [2.45, 2.75) is 6.92 Å². The lowest BCUT2D eigenvalue weighted by molar-refractivity contribution is 0.640. The highest BCUT2D eigenvalue weighted by atomic mass is 15.3. The van der Waals surface area contributed by atoms with Gasteiger partial charge in [0.1, 0.15) is 11.6 Å². The van der Waals surface area contributed by atoms with Crippen molar-refractivity contribution in [2.24, 2.45) is 0 Å². The molecule has 20 heavy (non-hydrogen) atoms. The smallest absolute Gasteiger partial charge is 0.221 e. The number of aromatic nitrogens is 3. The summed E-state index contributed by atoms with van der Waals surface area (Å²) in [7, 11) is 0. The average Bonchev–Trinajstić information content (AvgIpc) is 2.51. The van der Waals surface area contributed by atoms with Gasteiger partial charge in [-0.05, 0) is 19.1 Å². The highest BCUT2D eigenvalue weighted by Gasteiger charge is 2.20. The third-order valence-electron chi connectivity index (χ3n) is 3.52. The number of hydrogen-bond donors (Lipinski definition) is 1. The van der Waals surface area contributed by atoms with Gasteiger partial charge in [0.05, 0.1) is 0 Å². The molecule has 0 aromatic carbocycles. The van der Waals surface area contributed by atoms with Gasteiger partial charge in [0.25, 0.3) is 0 Å². The lowest BCUT2D eigenvalue weighted by Gasteiger charge is -2.36. The fourth-order valence-corrected chi connectivity index (χ4v) is 2.45. The molecule has 0 bridgehead atoms. The van der Waals surface area contributed by atoms with Gasteiger partial charge in [0, 0.05) is 44.1 Å². The standard InChI is InChI=1S/C14H18N6/c1-11-10-17-14(15)18-13(11)20-8-6-19(7-9-20)12-4-2-3-5-16-12/h2-5,10H,6-9H2,1H3,(H2,15,17,18). The number of aryl methyl sites for hydroxylation is 1. The summed E-state index contributed by atoms with van der Waals surface area (Å²) in [5.74, 6) is 2.31. The molecule has 6 heteroatoms. The van der Waals surface area contributed by atoms with Crippen molar-refractivity contribution in [3.8, 4) is 0 Å². The first kappa shape index (κ1) is 12.7. The Morgan fingerprint density at radius 2 is 1.80 bits per heavy atom. The van der Waals surface area contributed by atoms with Crippen LogP contribution in [0.4, 0.5) is 17.6 Å². The van der Waals surface area contributed by atoms with Gasteiger partial charge < -0.3 is 15.5 Å². The van der Waals surface area contributed by atoms with Gasteiger partial charge in [-0.15, -0.1) is 0 Å². The van der Waals surface area contributed by atoms with Crippen molar-refractivity contribution >= 4 is 17.6 Å². The number of anilines is 3. The van der Waals surface area contributed by atoms with Gasteiger partial charge in [0.15, 0.2) is 0 Å². The second kappa shape index (κ2) is 5.32. The molecule has 0 radical (unpaired) electrons. The molecule has 2 aromatic rings. The summed E-state index contributed by atoms with van der Waals surface area (Å²) in [6.07, 6.45) is 3.61. The molecule has 1 aliphatic heterocycles. The molecule has 3 rings (SSSR count). The molecule has 2 N–H and O–H groups in total. The van der Waals surface area contributed by atoms with Crippen molar-refractivity contribution in [1.82, 2.24) is 15.0 Å². The summed E-state index contributed by atoms with van der Waals surface area (Å²) >= 11 is 0. The van der Waals surface area contributed by atoms with E-state index in [1.165, 1.54) is 0 Å². The minimum Gasteiger partial charge on any atom is -0.368 e. The lowest BCUT2D eigenvalue weighted by Crippen LogP contribution is -2.47. The third-order valence-corrected chi connectivity index (χ3v) is 3.52. The Labute approximate surface area is 118 Å². The molecule has 3 heterocycles. The number of rotatable bonds is 2. The first-order valence-electron chi connectivity index (χ1n) is 6.74. The van der Waals surface area contributed by atoms with Crippen molar-refractivity contribution in [3.05, 3.63) is 36.2 Å². The largest absolute Gasteiger partial charge is 0.368 e. The highest BCUT2D eigenvalue weighted by molar-refractivity contribution is 5.50. The fourth-order valence-electron chi connectivity index (χ4n) is 2.45. The van der Waals surface area contributed by atoms with Crippen LogP contribution in [0, 0.1) is 6.92 Å². The van der Waals surface area contributed by atoms with Gasteiger partial charge in [-0.2, -0.15) is 4.98 Å². The molecule has 1 aliphatic rings. The van der Waals surface area contributed by atoms with E-state index in [0.29, 0.717) is 5.95 Å². The number of hydrogen-bond acceptors (Lipinski definition) is 6. The van der Waals surface area contributed by atoms with Gasteiger partial charge in [-0.3, -0.25) is 0 Å². The Hall–Kier alpha value is -2.37. The van der Waals surface area contributed by atoms with Crippen molar-refractivity contribution in [2.75, 3.05) is 41.7 Å². The lowest BCUT2D eigenvalue weighted by atomic mass is 10.2. The topological polar surface area (TPSA) is 71.2 Å². The molecule has 6 nitrogen and oxygen atoms in total. The Kier molecular flexibility index (Phi) is 3.37. The number of piperazine rings is 1. The molecular weight excluding hydrogens is 252 g/mol. The molecule has 0 atom stereocenters. The van der Waals surface area contributed by atoms with Crippen LogP contribution in [0.15, 0.2) is 30.6 Å². The second-order valence-electron chi connectivity index (χ2n) is 4.90. The molecular formula is C14H18N6. The monoisotopic (exact) mass is 270 g/mol. The zero-order valence-corrected chi connectivity index (χ0v) is 11.5. The number of nitrogens with zero attached hydrogens (tertiary/aromatic N) is 5. The van der Waals surface area contributed by atoms with Crippen LogP contribution in [0.3, 0.4) is 0 Å². The molecule has 0 amide bonds. The Morgan fingerprint density at radius 1 is 1.05 bits per heavy atom. The summed E-state index contributed by atoms with van der Waals surface area (Å²) < 4.78 is 0. The molecule has 0 unspecified atom stereocenters. The Bertz CT molecular complexity index is 577. The van der Waals surface area contributed by atoms with Gasteiger partial charge in [-0.25, -0.2) is 9.97 Å². The van der Waals surface area contributed by atoms with Crippen molar-refractivity contribution < 1.29 is 0 Å². The number of nitrogen functional groups attached to an aromatic ring is 1. The highest BCUT2D eigenvalue weighted by Crippen LogP contribution is 2.20. The van der Waals surface area contributed by atoms with Crippen LogP contribution in [0.25, 0.3) is 0 Å². The van der Waals surface area contributed by atoms with Crippen LogP contribution in [0.1, 0.15) is 5.56 Å². The van der Waals surface area contributed by atoms with Crippen LogP contribution in [-0.2, 0) is 0 Å². The first-order valence-corrected chi connectivity index (χ1v) is 6.74. The van der Waals surface area contributed by atoms with E-state index in [4.69, 9.17) is 5.73 Å². The van der Waals surface area contributed by atoms with E-state index < -0.39 is 0 Å². The SMILES string of the molecule is Cc1cnc(N)nc1N1CCN(c2ccccn2)CC1. The van der Waals surface area contributed by atoms with Crippen LogP contribution in [-0.4, -0.2) is 41.1 Å². The van der Waals surface area contributed by atoms with Crippen LogP contribution >= 0.6 is 0 Å². The number of pyridine rings is 1. The molecule has 1 saturated heterocycles. The second-order valence-corrected chi connectivity index (χ2v) is 4.90. The van der Waals surface area contributed by atoms with E-state index in [9.17, 15) is 0 Å². The molecule has 2 aromatic heterocycles. The van der Waals surface area contributed by atoms with E-state index in [2.05, 4.69) is 24.8 Å². The zero-order valence-electron chi connectivity index (χ0n) is 11.5. The summed E-state index contributed by atoms with van der Waals surface area (Å²) in [6, 6.07) is 6.00.